The predicted molar refractivity (Wildman–Crippen MR) is 142 cm³/mol. The maximum Gasteiger partial charge on any atom is 0.120 e. The van der Waals surface area contributed by atoms with Crippen LogP contribution in [0.25, 0.3) is 0 Å². The number of nitrogens with zero attached hydrogens (tertiary/aromatic N) is 1. The lowest BCUT2D eigenvalue weighted by molar-refractivity contribution is 0.153. The fraction of sp³-hybridized carbons (Fsp3) is 0.250. The summed E-state index contributed by atoms with van der Waals surface area (Å²) >= 11 is 36.1. The number of hydrogen-bond acceptors (Lipinski definition) is 4. The molecule has 0 unspecified atom stereocenters. The average molecular weight is 584 g/mol. The van der Waals surface area contributed by atoms with Crippen LogP contribution in [-0.2, 0) is 0 Å². The van der Waals surface area contributed by atoms with Gasteiger partial charge < -0.3 is 14.2 Å². The second-order valence-electron chi connectivity index (χ2n) is 7.11. The maximum absolute atomic E-state index is 6.06. The third-order valence-electron chi connectivity index (χ3n) is 4.70. The second kappa shape index (κ2) is 13.7. The SMILES string of the molecule is Clc1ccc(OCCN(CCOc2ccc(Cl)c(Cl)c2)CCOc2ccc(Cl)c(Cl)c2)cc1Cl. The second-order valence-corrected chi connectivity index (χ2v) is 9.56. The lowest BCUT2D eigenvalue weighted by atomic mass is 10.3. The van der Waals surface area contributed by atoms with E-state index in [0.717, 1.165) is 0 Å². The molecule has 0 spiro atoms. The summed E-state index contributed by atoms with van der Waals surface area (Å²) in [5, 5.41) is 2.78. The Morgan fingerprint density at radius 3 is 1.00 bits per heavy atom. The number of ether oxygens (including phenoxy) is 3. The molecule has 0 N–H and O–H groups in total. The van der Waals surface area contributed by atoms with Crippen molar-refractivity contribution < 1.29 is 14.2 Å². The van der Waals surface area contributed by atoms with Crippen molar-refractivity contribution in [2.75, 3.05) is 39.5 Å². The smallest absolute Gasteiger partial charge is 0.120 e. The van der Waals surface area contributed by atoms with Crippen molar-refractivity contribution in [3.8, 4) is 17.2 Å². The van der Waals surface area contributed by atoms with E-state index in [-0.39, 0.29) is 0 Å². The minimum atomic E-state index is 0.442. The van der Waals surface area contributed by atoms with Gasteiger partial charge in [0.2, 0.25) is 0 Å². The highest BCUT2D eigenvalue weighted by atomic mass is 35.5. The molecular weight excluding hydrogens is 563 g/mol. The molecule has 0 saturated heterocycles. The van der Waals surface area contributed by atoms with Gasteiger partial charge in [0.1, 0.15) is 37.1 Å². The van der Waals surface area contributed by atoms with Gasteiger partial charge in [0.15, 0.2) is 0 Å². The summed E-state index contributed by atoms with van der Waals surface area (Å²) in [5.74, 6) is 1.94. The zero-order chi connectivity index (χ0) is 24.5. The first-order chi connectivity index (χ1) is 16.3. The Kier molecular flexibility index (Phi) is 11.1. The van der Waals surface area contributed by atoms with Crippen molar-refractivity contribution in [2.24, 2.45) is 0 Å². The van der Waals surface area contributed by atoms with Gasteiger partial charge in [-0.25, -0.2) is 0 Å². The highest BCUT2D eigenvalue weighted by molar-refractivity contribution is 6.43. The normalized spacial score (nSPS) is 11.0. The number of benzene rings is 3. The molecule has 182 valence electrons. The molecule has 3 aromatic carbocycles. The molecule has 0 fully saturated rings. The monoisotopic (exact) mass is 581 g/mol. The molecule has 4 nitrogen and oxygen atoms in total. The molecule has 34 heavy (non-hydrogen) atoms. The Morgan fingerprint density at radius 2 is 0.735 bits per heavy atom. The van der Waals surface area contributed by atoms with Crippen molar-refractivity contribution in [3.05, 3.63) is 84.7 Å². The van der Waals surface area contributed by atoms with E-state index < -0.39 is 0 Å². The van der Waals surface area contributed by atoms with E-state index in [1.807, 2.05) is 0 Å². The summed E-state index contributed by atoms with van der Waals surface area (Å²) in [6.07, 6.45) is 0. The summed E-state index contributed by atoms with van der Waals surface area (Å²) in [6.45, 7) is 3.23. The Balaban J connectivity index is 1.53. The molecule has 0 bridgehead atoms. The zero-order valence-electron chi connectivity index (χ0n) is 17.9. The fourth-order valence-electron chi connectivity index (χ4n) is 2.91. The van der Waals surface area contributed by atoms with E-state index in [1.165, 1.54) is 0 Å². The quantitative estimate of drug-likeness (QED) is 0.214. The van der Waals surface area contributed by atoms with Gasteiger partial charge in [0.25, 0.3) is 0 Å². The molecule has 0 saturated carbocycles. The van der Waals surface area contributed by atoms with E-state index in [1.54, 1.807) is 54.6 Å². The first-order valence-corrected chi connectivity index (χ1v) is 12.5. The highest BCUT2D eigenvalue weighted by Gasteiger charge is 2.09. The molecule has 0 aliphatic carbocycles. The summed E-state index contributed by atoms with van der Waals surface area (Å²) < 4.78 is 17.5. The van der Waals surface area contributed by atoms with Gasteiger partial charge in [-0.3, -0.25) is 4.90 Å². The predicted octanol–water partition coefficient (Wildman–Crippen LogP) is 8.45. The van der Waals surface area contributed by atoms with Crippen LogP contribution in [0.5, 0.6) is 17.2 Å². The zero-order valence-corrected chi connectivity index (χ0v) is 22.4. The van der Waals surface area contributed by atoms with Crippen molar-refractivity contribution in [3.63, 3.8) is 0 Å². The largest absolute Gasteiger partial charge is 0.492 e. The highest BCUT2D eigenvalue weighted by Crippen LogP contribution is 2.28. The lowest BCUT2D eigenvalue weighted by Gasteiger charge is -2.23. The molecule has 10 heteroatoms. The summed E-state index contributed by atoms with van der Waals surface area (Å²) in [7, 11) is 0. The van der Waals surface area contributed by atoms with Crippen LogP contribution in [-0.4, -0.2) is 44.4 Å². The van der Waals surface area contributed by atoms with E-state index in [9.17, 15) is 0 Å². The van der Waals surface area contributed by atoms with Crippen molar-refractivity contribution in [2.45, 2.75) is 0 Å². The van der Waals surface area contributed by atoms with E-state index in [2.05, 4.69) is 4.90 Å². The Hall–Kier alpha value is -1.24. The lowest BCUT2D eigenvalue weighted by Crippen LogP contribution is -2.35. The Bertz CT molecular complexity index is 962. The van der Waals surface area contributed by atoms with Crippen molar-refractivity contribution in [1.29, 1.82) is 0 Å². The summed E-state index contributed by atoms with van der Waals surface area (Å²) in [6, 6.07) is 15.5. The summed E-state index contributed by atoms with van der Waals surface area (Å²) in [5.41, 5.74) is 0. The molecule has 0 atom stereocenters. The minimum absolute atomic E-state index is 0.442. The van der Waals surface area contributed by atoms with Crippen LogP contribution in [0.15, 0.2) is 54.6 Å². The summed E-state index contributed by atoms with van der Waals surface area (Å²) in [4.78, 5) is 2.16. The van der Waals surface area contributed by atoms with Gasteiger partial charge in [-0.1, -0.05) is 69.6 Å². The van der Waals surface area contributed by atoms with E-state index in [0.29, 0.717) is 86.8 Å². The van der Waals surface area contributed by atoms with E-state index in [4.69, 9.17) is 83.8 Å². The number of halogens is 6. The van der Waals surface area contributed by atoms with Gasteiger partial charge in [0.05, 0.1) is 30.1 Å². The molecule has 3 aromatic rings. The molecule has 0 heterocycles. The van der Waals surface area contributed by atoms with Crippen molar-refractivity contribution >= 4 is 69.6 Å². The minimum Gasteiger partial charge on any atom is -0.492 e. The first-order valence-electron chi connectivity index (χ1n) is 10.3. The molecule has 0 aliphatic rings. The third kappa shape index (κ3) is 8.76. The topological polar surface area (TPSA) is 30.9 Å². The van der Waals surface area contributed by atoms with Crippen LogP contribution in [0.4, 0.5) is 0 Å². The van der Waals surface area contributed by atoms with Gasteiger partial charge in [-0.15, -0.1) is 0 Å². The molecule has 3 rings (SSSR count). The molecule has 0 aromatic heterocycles. The molecule has 0 aliphatic heterocycles. The Morgan fingerprint density at radius 1 is 0.441 bits per heavy atom. The van der Waals surface area contributed by atoms with Crippen LogP contribution >= 0.6 is 69.6 Å². The fourth-order valence-corrected chi connectivity index (χ4v) is 3.78. The molecule has 0 amide bonds. The van der Waals surface area contributed by atoms with Crippen LogP contribution in [0.3, 0.4) is 0 Å². The van der Waals surface area contributed by atoms with Gasteiger partial charge in [0, 0.05) is 37.8 Å². The average Bonchev–Trinajstić information content (AvgIpc) is 2.80. The van der Waals surface area contributed by atoms with Gasteiger partial charge >= 0.3 is 0 Å². The molecular formula is C24H21Cl6NO3. The maximum atomic E-state index is 6.06. The van der Waals surface area contributed by atoms with Crippen LogP contribution in [0, 0.1) is 0 Å². The Labute approximate surface area is 229 Å². The van der Waals surface area contributed by atoms with Crippen LogP contribution < -0.4 is 14.2 Å². The van der Waals surface area contributed by atoms with Crippen LogP contribution in [0.1, 0.15) is 0 Å². The standard InChI is InChI=1S/C24H21Cl6NO3/c25-19-4-1-16(13-22(19)28)32-10-7-31(8-11-33-17-2-5-20(26)23(29)14-17)9-12-34-18-3-6-21(27)24(30)15-18/h1-6,13-15H,7-12H2. The third-order valence-corrected chi connectivity index (χ3v) is 6.92. The van der Waals surface area contributed by atoms with Crippen LogP contribution in [0.2, 0.25) is 30.1 Å². The van der Waals surface area contributed by atoms with Crippen molar-refractivity contribution in [1.82, 2.24) is 4.90 Å². The van der Waals surface area contributed by atoms with E-state index >= 15 is 0 Å². The number of rotatable bonds is 12. The molecule has 0 radical (unpaired) electrons. The van der Waals surface area contributed by atoms with Gasteiger partial charge in [-0.2, -0.15) is 0 Å². The number of hydrogen-bond donors (Lipinski definition) is 0. The first kappa shape index (κ1) is 27.3. The van der Waals surface area contributed by atoms with Gasteiger partial charge in [-0.05, 0) is 36.4 Å².